The maximum atomic E-state index is 13.6. The fourth-order valence-corrected chi connectivity index (χ4v) is 9.07. The van der Waals surface area contributed by atoms with Crippen LogP contribution in [0.4, 0.5) is 4.39 Å². The van der Waals surface area contributed by atoms with Crippen molar-refractivity contribution in [3.8, 4) is 0 Å². The minimum absolute atomic E-state index is 0.132. The highest BCUT2D eigenvalue weighted by Crippen LogP contribution is 2.35. The van der Waals surface area contributed by atoms with E-state index in [2.05, 4.69) is 30.8 Å². The van der Waals surface area contributed by atoms with Crippen LogP contribution in [0.3, 0.4) is 0 Å². The number of aliphatic hydroxyl groups is 4. The quantitative estimate of drug-likeness (QED) is 0.170. The molecular weight excluding hydrogens is 746 g/mol. The molecule has 4 rings (SSSR count). The lowest BCUT2D eigenvalue weighted by Gasteiger charge is -2.47. The van der Waals surface area contributed by atoms with E-state index in [0.29, 0.717) is 36.8 Å². The number of nitrogens with zero attached hydrogens (tertiary/aromatic N) is 3. The van der Waals surface area contributed by atoms with E-state index in [9.17, 15) is 29.6 Å². The molecule has 2 fully saturated rings. The van der Waals surface area contributed by atoms with E-state index in [1.807, 2.05) is 39.0 Å². The first-order chi connectivity index (χ1) is 27.5. The second-order valence-electron chi connectivity index (χ2n) is 17.7. The molecule has 0 spiro atoms. The summed E-state index contributed by atoms with van der Waals surface area (Å²) in [7, 11) is 3.58. The van der Waals surface area contributed by atoms with Crippen LogP contribution in [0.25, 0.3) is 0 Å². The van der Waals surface area contributed by atoms with Crippen LogP contribution in [0.15, 0.2) is 53.2 Å². The molecule has 3 aliphatic rings. The molecular formula is C45H72FN3O9. The number of cyclic esters (lactones) is 1. The summed E-state index contributed by atoms with van der Waals surface area (Å²) in [6, 6.07) is 5.40. The van der Waals surface area contributed by atoms with E-state index in [0.717, 1.165) is 30.8 Å². The molecule has 3 heterocycles. The average Bonchev–Trinajstić information content (AvgIpc) is 3.16. The van der Waals surface area contributed by atoms with Crippen LogP contribution in [-0.4, -0.2) is 131 Å². The number of hydrogen-bond acceptors (Lipinski definition) is 12. The van der Waals surface area contributed by atoms with Crippen molar-refractivity contribution in [2.45, 2.75) is 136 Å². The Labute approximate surface area is 346 Å². The number of carbonyl (C=O) groups excluding carboxylic acids is 1. The zero-order valence-electron chi connectivity index (χ0n) is 36.2. The lowest BCUT2D eigenvalue weighted by atomic mass is 9.79. The Morgan fingerprint density at radius 2 is 1.66 bits per heavy atom. The fraction of sp³-hybridized carbons (Fsp3) is 0.733. The molecule has 0 saturated carbocycles. The number of oxime groups is 1. The van der Waals surface area contributed by atoms with Crippen molar-refractivity contribution >= 4 is 11.7 Å². The largest absolute Gasteiger partial charge is 0.462 e. The molecule has 0 amide bonds. The van der Waals surface area contributed by atoms with Crippen LogP contribution in [-0.2, 0) is 30.4 Å². The molecule has 58 heavy (non-hydrogen) atoms. The lowest BCUT2D eigenvalue weighted by Crippen LogP contribution is -2.63. The van der Waals surface area contributed by atoms with Gasteiger partial charge in [0.15, 0.2) is 6.29 Å². The Bertz CT molecular complexity index is 1500. The number of aliphatic hydroxyl groups excluding tert-OH is 4. The number of likely N-dealkylation sites (N-methyl/N-ethyl adjacent to an activating group) is 1. The second-order valence-corrected chi connectivity index (χ2v) is 17.7. The molecule has 1 aromatic rings. The van der Waals surface area contributed by atoms with Gasteiger partial charge in [-0.15, -0.1) is 0 Å². The lowest BCUT2D eigenvalue weighted by molar-refractivity contribution is -0.304. The monoisotopic (exact) mass is 818 g/mol. The molecule has 3 aliphatic heterocycles. The Hall–Kier alpha value is -2.75. The smallest absolute Gasteiger partial charge is 0.308 e. The average molecular weight is 818 g/mol. The third-order valence-electron chi connectivity index (χ3n) is 12.3. The molecule has 12 nitrogen and oxygen atoms in total. The second kappa shape index (κ2) is 22.7. The van der Waals surface area contributed by atoms with Crippen molar-refractivity contribution in [2.75, 3.05) is 40.3 Å². The molecule has 0 aromatic heterocycles. The number of allylic oxidation sites excluding steroid dienone is 3. The molecule has 14 atom stereocenters. The number of rotatable bonds is 11. The molecule has 1 aromatic carbocycles. The zero-order valence-corrected chi connectivity index (χ0v) is 36.2. The van der Waals surface area contributed by atoms with Gasteiger partial charge in [0.05, 0.1) is 49.2 Å². The third kappa shape index (κ3) is 13.6. The third-order valence-corrected chi connectivity index (χ3v) is 12.3. The van der Waals surface area contributed by atoms with E-state index in [4.69, 9.17) is 19.0 Å². The minimum Gasteiger partial charge on any atom is -0.462 e. The molecule has 0 bridgehead atoms. The van der Waals surface area contributed by atoms with Crippen LogP contribution in [0.2, 0.25) is 0 Å². The Balaban J connectivity index is 1.79. The van der Waals surface area contributed by atoms with Gasteiger partial charge in [0.25, 0.3) is 0 Å². The van der Waals surface area contributed by atoms with E-state index in [-0.39, 0.29) is 37.3 Å². The van der Waals surface area contributed by atoms with Gasteiger partial charge in [-0.1, -0.05) is 69.6 Å². The van der Waals surface area contributed by atoms with Gasteiger partial charge in [0.2, 0.25) is 0 Å². The van der Waals surface area contributed by atoms with E-state index in [1.165, 1.54) is 18.6 Å². The maximum Gasteiger partial charge on any atom is 0.308 e. The summed E-state index contributed by atoms with van der Waals surface area (Å²) in [6.07, 6.45) is 1.73. The van der Waals surface area contributed by atoms with Gasteiger partial charge in [-0.3, -0.25) is 4.79 Å². The fourth-order valence-electron chi connectivity index (χ4n) is 9.07. The molecule has 328 valence electrons. The minimum atomic E-state index is -1.21. The van der Waals surface area contributed by atoms with Crippen molar-refractivity contribution in [1.82, 2.24) is 9.80 Å². The number of carbonyl (C=O) groups is 1. The standard InChI is InChI=1S/C45H72FN3O9/c1-10-39-35(25-50)20-27(2)11-16-37(47-55-26-33-12-14-36(46)15-13-33)30(5)21-34(17-18-49-23-28(3)19-29(4)24-49)44(31(6)38(51)22-40(52)57-39)58-45-43(54)41(48(8)9)42(53)32(7)56-45/h11-16,20,28-32,34-35,38-39,41-45,50-51,53-54H,10,17-19,21-26H2,1-9H3/b16-11+,27-20+,47-37-/t28?,29?,30-,31?,32+,34+,35?,38-,39-,41-,42+,43+,44-,45-/m1/s1. The van der Waals surface area contributed by atoms with Crippen LogP contribution < -0.4 is 0 Å². The van der Waals surface area contributed by atoms with E-state index in [1.54, 1.807) is 38.1 Å². The Morgan fingerprint density at radius 1 is 0.983 bits per heavy atom. The van der Waals surface area contributed by atoms with Crippen LogP contribution >= 0.6 is 0 Å². The highest BCUT2D eigenvalue weighted by atomic mass is 19.1. The van der Waals surface area contributed by atoms with Gasteiger partial charge in [-0.05, 0) is 102 Å². The highest BCUT2D eigenvalue weighted by Gasteiger charge is 2.47. The van der Waals surface area contributed by atoms with Gasteiger partial charge in [-0.25, -0.2) is 4.39 Å². The molecule has 2 saturated heterocycles. The normalized spacial score (nSPS) is 38.6. The number of halogens is 1. The van der Waals surface area contributed by atoms with Gasteiger partial charge in [0, 0.05) is 30.8 Å². The summed E-state index contributed by atoms with van der Waals surface area (Å²) in [5, 5.41) is 49.5. The molecule has 13 heteroatoms. The number of esters is 1. The molecule has 0 aliphatic carbocycles. The summed E-state index contributed by atoms with van der Waals surface area (Å²) < 4.78 is 32.6. The molecule has 4 N–H and O–H groups in total. The maximum absolute atomic E-state index is 13.6. The van der Waals surface area contributed by atoms with Gasteiger partial charge < -0.3 is 49.3 Å². The first kappa shape index (κ1) is 47.9. The van der Waals surface area contributed by atoms with Gasteiger partial charge in [0.1, 0.15) is 24.6 Å². The first-order valence-electron chi connectivity index (χ1n) is 21.4. The van der Waals surface area contributed by atoms with Crippen molar-refractivity contribution in [3.05, 3.63) is 59.4 Å². The number of likely N-dealkylation sites (tertiary alicyclic amines) is 1. The number of ether oxygens (including phenoxy) is 3. The first-order valence-corrected chi connectivity index (χ1v) is 21.4. The Kier molecular flexibility index (Phi) is 18.8. The van der Waals surface area contributed by atoms with E-state index >= 15 is 0 Å². The molecule has 4 unspecified atom stereocenters. The van der Waals surface area contributed by atoms with Crippen molar-refractivity contribution in [3.63, 3.8) is 0 Å². The SMILES string of the molecule is CC[C@H]1OC(=O)C[C@@H](O)C(C)[C@@H](O[C@H]2O[C@@H](C)[C@H](O)[C@@H](N(C)C)[C@@H]2O)[C@@H](CCN2CC(C)CC(C)C2)C[C@@H](C)C(=N\OCc2ccc(F)cc2)/C=C/C(C)=C/C1CO. The summed E-state index contributed by atoms with van der Waals surface area (Å²) >= 11 is 0. The predicted molar refractivity (Wildman–Crippen MR) is 222 cm³/mol. The predicted octanol–water partition coefficient (Wildman–Crippen LogP) is 5.32. The Morgan fingerprint density at radius 3 is 2.28 bits per heavy atom. The number of hydrogen-bond donors (Lipinski definition) is 4. The number of benzene rings is 1. The zero-order chi connectivity index (χ0) is 42.7. The van der Waals surface area contributed by atoms with Crippen molar-refractivity contribution < 1.29 is 48.7 Å². The van der Waals surface area contributed by atoms with Gasteiger partial charge in [-0.2, -0.15) is 0 Å². The summed E-state index contributed by atoms with van der Waals surface area (Å²) in [4.78, 5) is 23.6. The van der Waals surface area contributed by atoms with Gasteiger partial charge >= 0.3 is 5.97 Å². The molecule has 0 radical (unpaired) electrons. The summed E-state index contributed by atoms with van der Waals surface area (Å²) in [6.45, 7) is 16.6. The van der Waals surface area contributed by atoms with Crippen LogP contribution in [0.5, 0.6) is 0 Å². The van der Waals surface area contributed by atoms with Crippen LogP contribution in [0, 0.1) is 41.3 Å². The van der Waals surface area contributed by atoms with Crippen molar-refractivity contribution in [1.29, 1.82) is 0 Å². The summed E-state index contributed by atoms with van der Waals surface area (Å²) in [5.41, 5.74) is 2.24. The van der Waals surface area contributed by atoms with Crippen molar-refractivity contribution in [2.24, 2.45) is 40.7 Å². The number of piperidine rings is 1. The topological polar surface area (TPSA) is 154 Å². The summed E-state index contributed by atoms with van der Waals surface area (Å²) in [5.74, 6) is -1.37. The highest BCUT2D eigenvalue weighted by molar-refractivity contribution is 5.96. The van der Waals surface area contributed by atoms with E-state index < -0.39 is 66.8 Å². The van der Waals surface area contributed by atoms with Crippen LogP contribution in [0.1, 0.15) is 86.1 Å².